The molecule has 0 saturated carbocycles. The largest absolute Gasteiger partial charge is 0.484 e. The van der Waals surface area contributed by atoms with E-state index in [0.717, 1.165) is 11.3 Å². The Hall–Kier alpha value is -4.20. The molecule has 2 heterocycles. The molecule has 13 heteroatoms. The Bertz CT molecular complexity index is 1610. The maximum atomic E-state index is 13.7. The predicted octanol–water partition coefficient (Wildman–Crippen LogP) is 3.61. The number of nitrogens with one attached hydrogen (secondary N) is 3. The average molecular weight is 642 g/mol. The van der Waals surface area contributed by atoms with Crippen molar-refractivity contribution < 1.29 is 42.1 Å². The highest BCUT2D eigenvalue weighted by Crippen LogP contribution is 2.32. The second-order valence-corrected chi connectivity index (χ2v) is 12.8. The van der Waals surface area contributed by atoms with Gasteiger partial charge in [0.25, 0.3) is 11.8 Å². The highest BCUT2D eigenvalue weighted by atomic mass is 32.2. The Morgan fingerprint density at radius 1 is 1.18 bits per heavy atom. The van der Waals surface area contributed by atoms with Gasteiger partial charge < -0.3 is 30.3 Å². The SMILES string of the molecule is CC(NC(=O)C(C)(F)F)C(Oc1ccc([NH2+]c2cccc(C(=O)NC3CCS(=O)C3)c2)c(C=N)c1)c1ccc2c(c1)OCOC2. The molecule has 0 aliphatic carbocycles. The molecule has 1 fully saturated rings. The van der Waals surface area contributed by atoms with E-state index in [4.69, 9.17) is 19.6 Å². The standard InChI is InChI=1S/C32H34F2N4O6S/c1-19(36-31(40)32(2,33)34)29(20-6-7-22-16-42-18-43-28(22)14-20)44-26-8-9-27(23(13-26)15-35)37-24-5-3-4-21(12-24)30(39)38-25-10-11-45(41)17-25/h3-9,12-15,19,25,29,35,37H,10-11,16-18H2,1-2H3,(H,36,40)(H,38,39)/p+1. The van der Waals surface area contributed by atoms with Gasteiger partial charge in [-0.25, -0.2) is 0 Å². The second-order valence-electron chi connectivity index (χ2n) is 11.1. The number of amides is 2. The number of benzene rings is 3. The number of halogens is 2. The Kier molecular flexibility index (Phi) is 9.90. The minimum absolute atomic E-state index is 0.0766. The third kappa shape index (κ3) is 8.10. The van der Waals surface area contributed by atoms with E-state index in [1.807, 2.05) is 11.4 Å². The summed E-state index contributed by atoms with van der Waals surface area (Å²) in [5, 5.41) is 15.2. The number of nitrogens with two attached hydrogens (primary N) is 1. The van der Waals surface area contributed by atoms with Crippen LogP contribution in [-0.4, -0.2) is 58.5 Å². The first kappa shape index (κ1) is 32.2. The molecule has 0 aromatic heterocycles. The normalized spacial score (nSPS) is 19.0. The van der Waals surface area contributed by atoms with Crippen LogP contribution in [0.5, 0.6) is 11.5 Å². The van der Waals surface area contributed by atoms with Crippen LogP contribution in [0.4, 0.5) is 20.2 Å². The lowest BCUT2D eigenvalue weighted by atomic mass is 10.00. The van der Waals surface area contributed by atoms with Crippen molar-refractivity contribution >= 4 is 40.2 Å². The van der Waals surface area contributed by atoms with E-state index in [0.29, 0.717) is 65.3 Å². The van der Waals surface area contributed by atoms with Gasteiger partial charge in [-0.15, -0.1) is 0 Å². The van der Waals surface area contributed by atoms with E-state index in [1.54, 1.807) is 61.5 Å². The monoisotopic (exact) mass is 641 g/mol. The maximum Gasteiger partial charge on any atom is 0.321 e. The quantitative estimate of drug-likeness (QED) is 0.186. The fourth-order valence-corrected chi connectivity index (χ4v) is 6.57. The molecule has 4 atom stereocenters. The van der Waals surface area contributed by atoms with E-state index in [1.165, 1.54) is 6.21 Å². The Balaban J connectivity index is 1.35. The van der Waals surface area contributed by atoms with Crippen molar-refractivity contribution in [1.82, 2.24) is 10.6 Å². The molecule has 0 spiro atoms. The van der Waals surface area contributed by atoms with Gasteiger partial charge in [0.2, 0.25) is 0 Å². The van der Waals surface area contributed by atoms with Crippen LogP contribution in [-0.2, 0) is 26.9 Å². The molecule has 4 unspecified atom stereocenters. The van der Waals surface area contributed by atoms with Crippen molar-refractivity contribution in [3.05, 3.63) is 82.9 Å². The number of alkyl halides is 2. The third-order valence-corrected chi connectivity index (χ3v) is 9.02. The zero-order chi connectivity index (χ0) is 32.1. The van der Waals surface area contributed by atoms with Gasteiger partial charge in [0.05, 0.1) is 18.2 Å². The molecule has 0 bridgehead atoms. The maximum absolute atomic E-state index is 13.7. The van der Waals surface area contributed by atoms with Gasteiger partial charge in [-0.2, -0.15) is 8.78 Å². The molecule has 2 amide bonds. The summed E-state index contributed by atoms with van der Waals surface area (Å²) < 4.78 is 56.4. The van der Waals surface area contributed by atoms with Gasteiger partial charge in [-0.05, 0) is 49.2 Å². The molecule has 45 heavy (non-hydrogen) atoms. The average Bonchev–Trinajstić information content (AvgIpc) is 3.43. The third-order valence-electron chi connectivity index (χ3n) is 7.55. The number of carbonyl (C=O) groups is 2. The van der Waals surface area contributed by atoms with Gasteiger partial charge in [-0.1, -0.05) is 18.2 Å². The van der Waals surface area contributed by atoms with E-state index in [9.17, 15) is 22.6 Å². The fourth-order valence-electron chi connectivity index (χ4n) is 5.15. The van der Waals surface area contributed by atoms with Gasteiger partial charge in [-0.3, -0.25) is 19.1 Å². The van der Waals surface area contributed by atoms with Crippen molar-refractivity contribution in [2.45, 2.75) is 51.0 Å². The van der Waals surface area contributed by atoms with E-state index < -0.39 is 34.8 Å². The first-order valence-electron chi connectivity index (χ1n) is 14.4. The molecule has 238 valence electrons. The Morgan fingerprint density at radius 2 is 2.00 bits per heavy atom. The number of hydrogen-bond donors (Lipinski definition) is 4. The van der Waals surface area contributed by atoms with Crippen molar-refractivity contribution in [3.8, 4) is 11.5 Å². The lowest BCUT2D eigenvalue weighted by molar-refractivity contribution is -0.478. The lowest BCUT2D eigenvalue weighted by Crippen LogP contribution is -2.71. The van der Waals surface area contributed by atoms with Crippen LogP contribution in [0, 0.1) is 5.41 Å². The summed E-state index contributed by atoms with van der Waals surface area (Å²) in [6, 6.07) is 16.5. The lowest BCUT2D eigenvalue weighted by Gasteiger charge is -2.28. The minimum atomic E-state index is -3.57. The highest BCUT2D eigenvalue weighted by molar-refractivity contribution is 7.85. The number of hydrogen-bond acceptors (Lipinski definition) is 7. The van der Waals surface area contributed by atoms with E-state index >= 15 is 0 Å². The topological polar surface area (TPSA) is 143 Å². The van der Waals surface area contributed by atoms with E-state index in [-0.39, 0.29) is 18.7 Å². The molecular formula is C32H35F2N4O6S+. The first-order valence-corrected chi connectivity index (χ1v) is 15.9. The van der Waals surface area contributed by atoms with Crippen LogP contribution >= 0.6 is 0 Å². The molecule has 0 radical (unpaired) electrons. The van der Waals surface area contributed by atoms with Crippen molar-refractivity contribution in [1.29, 1.82) is 5.41 Å². The molecular weight excluding hydrogens is 606 g/mol. The summed E-state index contributed by atoms with van der Waals surface area (Å²) >= 11 is 0. The molecule has 2 aliphatic heterocycles. The number of rotatable bonds is 11. The second kappa shape index (κ2) is 13.8. The fraction of sp³-hybridized carbons (Fsp3) is 0.344. The van der Waals surface area contributed by atoms with Crippen molar-refractivity contribution in [3.63, 3.8) is 0 Å². The zero-order valence-electron chi connectivity index (χ0n) is 24.8. The summed E-state index contributed by atoms with van der Waals surface area (Å²) in [6.45, 7) is 2.55. The number of carbonyl (C=O) groups excluding carboxylic acids is 2. The summed E-state index contributed by atoms with van der Waals surface area (Å²) in [4.78, 5) is 24.9. The van der Waals surface area contributed by atoms with Gasteiger partial charge >= 0.3 is 5.92 Å². The molecule has 5 N–H and O–H groups in total. The van der Waals surface area contributed by atoms with Crippen LogP contribution in [0.15, 0.2) is 60.7 Å². The predicted molar refractivity (Wildman–Crippen MR) is 164 cm³/mol. The van der Waals surface area contributed by atoms with Crippen LogP contribution in [0.1, 0.15) is 53.4 Å². The Morgan fingerprint density at radius 3 is 2.73 bits per heavy atom. The van der Waals surface area contributed by atoms with Crippen molar-refractivity contribution in [2.75, 3.05) is 18.3 Å². The van der Waals surface area contributed by atoms with Crippen LogP contribution < -0.4 is 25.4 Å². The summed E-state index contributed by atoms with van der Waals surface area (Å²) in [5.74, 6) is -3.26. The molecule has 3 aromatic carbocycles. The molecule has 10 nitrogen and oxygen atoms in total. The summed E-state index contributed by atoms with van der Waals surface area (Å²) in [6.07, 6.45) is 0.974. The number of fused-ring (bicyclic) bond motifs is 1. The summed E-state index contributed by atoms with van der Waals surface area (Å²) in [7, 11) is -0.899. The minimum Gasteiger partial charge on any atom is -0.484 e. The van der Waals surface area contributed by atoms with E-state index in [2.05, 4.69) is 10.6 Å². The van der Waals surface area contributed by atoms with Crippen LogP contribution in [0.25, 0.3) is 0 Å². The van der Waals surface area contributed by atoms with Crippen LogP contribution in [0.3, 0.4) is 0 Å². The summed E-state index contributed by atoms with van der Waals surface area (Å²) in [5.41, 5.74) is 3.82. The first-order chi connectivity index (χ1) is 21.5. The molecule has 1 saturated heterocycles. The Labute approximate surface area is 261 Å². The smallest absolute Gasteiger partial charge is 0.321 e. The van der Waals surface area contributed by atoms with Gasteiger partial charge in [0.1, 0.15) is 29.0 Å². The molecule has 5 rings (SSSR count). The molecule has 2 aliphatic rings. The molecule has 3 aromatic rings. The zero-order valence-corrected chi connectivity index (χ0v) is 25.6. The van der Waals surface area contributed by atoms with Gasteiger partial charge in [0, 0.05) is 64.7 Å². The highest BCUT2D eigenvalue weighted by Gasteiger charge is 2.35. The number of ether oxygens (including phenoxy) is 3. The van der Waals surface area contributed by atoms with Gasteiger partial charge in [0.15, 0.2) is 6.79 Å². The number of quaternary nitrogens is 1. The van der Waals surface area contributed by atoms with Crippen LogP contribution in [0.2, 0.25) is 0 Å². The van der Waals surface area contributed by atoms with Crippen molar-refractivity contribution in [2.24, 2.45) is 0 Å².